The molecule has 1 fully saturated rings. The third-order valence-electron chi connectivity index (χ3n) is 16.3. The Morgan fingerprint density at radius 1 is 0.434 bits per heavy atom. The van der Waals surface area contributed by atoms with Crippen LogP contribution in [0.5, 0.6) is 0 Å². The first-order valence-corrected chi connectivity index (χ1v) is 33.6. The van der Waals surface area contributed by atoms with E-state index in [0.29, 0.717) is 6.42 Å². The highest BCUT2D eigenvalue weighted by Gasteiger charge is 2.44. The predicted octanol–water partition coefficient (Wildman–Crippen LogP) is 17.7. The van der Waals surface area contributed by atoms with Crippen molar-refractivity contribution in [1.29, 1.82) is 0 Å². The number of amides is 1. The monoisotopic (exact) mass is 1080 g/mol. The van der Waals surface area contributed by atoms with Crippen LogP contribution in [0, 0.1) is 0 Å². The molecule has 6 N–H and O–H groups in total. The Morgan fingerprint density at radius 3 is 1.11 bits per heavy atom. The van der Waals surface area contributed by atoms with Gasteiger partial charge in [0.1, 0.15) is 24.4 Å². The molecule has 1 rings (SSSR count). The van der Waals surface area contributed by atoms with E-state index in [1.165, 1.54) is 283 Å². The first-order valence-electron chi connectivity index (χ1n) is 33.6. The van der Waals surface area contributed by atoms with E-state index in [1.54, 1.807) is 6.08 Å². The number of hydrogen-bond donors (Lipinski definition) is 6. The van der Waals surface area contributed by atoms with Crippen LogP contribution in [0.25, 0.3) is 0 Å². The van der Waals surface area contributed by atoms with Gasteiger partial charge >= 0.3 is 0 Å². The molecule has 7 atom stereocenters. The normalized spacial score (nSPS) is 18.9. The molecule has 0 aromatic carbocycles. The number of hydrogen-bond acceptors (Lipinski definition) is 8. The summed E-state index contributed by atoms with van der Waals surface area (Å²) in [6, 6.07) is -0.818. The van der Waals surface area contributed by atoms with Crippen molar-refractivity contribution in [1.82, 2.24) is 5.32 Å². The van der Waals surface area contributed by atoms with Crippen molar-refractivity contribution in [2.45, 2.75) is 384 Å². The Hall–Kier alpha value is -1.33. The van der Waals surface area contributed by atoms with Crippen LogP contribution in [-0.4, -0.2) is 87.5 Å². The van der Waals surface area contributed by atoms with Crippen LogP contribution in [-0.2, 0) is 14.3 Å². The van der Waals surface area contributed by atoms with Gasteiger partial charge in [0.25, 0.3) is 0 Å². The topological polar surface area (TPSA) is 149 Å². The Morgan fingerprint density at radius 2 is 0.750 bits per heavy atom. The maximum atomic E-state index is 13.1. The average molecular weight is 1080 g/mol. The second kappa shape index (κ2) is 56.9. The van der Waals surface area contributed by atoms with Gasteiger partial charge in [0, 0.05) is 6.42 Å². The van der Waals surface area contributed by atoms with E-state index in [0.717, 1.165) is 38.5 Å². The molecule has 9 heteroatoms. The van der Waals surface area contributed by atoms with Crippen LogP contribution in [0.4, 0.5) is 0 Å². The van der Waals surface area contributed by atoms with Gasteiger partial charge in [0.05, 0.1) is 25.4 Å². The van der Waals surface area contributed by atoms with Crippen LogP contribution in [0.15, 0.2) is 24.3 Å². The van der Waals surface area contributed by atoms with Crippen molar-refractivity contribution in [3.8, 4) is 0 Å². The van der Waals surface area contributed by atoms with Gasteiger partial charge in [-0.1, -0.05) is 327 Å². The summed E-state index contributed by atoms with van der Waals surface area (Å²) in [7, 11) is 0. The van der Waals surface area contributed by atoms with E-state index in [1.807, 2.05) is 6.08 Å². The zero-order valence-corrected chi connectivity index (χ0v) is 50.3. The highest BCUT2D eigenvalue weighted by molar-refractivity contribution is 5.76. The van der Waals surface area contributed by atoms with Crippen molar-refractivity contribution >= 4 is 5.91 Å². The lowest BCUT2D eigenvalue weighted by atomic mass is 9.99. The summed E-state index contributed by atoms with van der Waals surface area (Å²) in [4.78, 5) is 13.1. The molecule has 9 nitrogen and oxygen atoms in total. The Kier molecular flexibility index (Phi) is 54.4. The number of allylic oxidation sites excluding steroid dienone is 3. The lowest BCUT2D eigenvalue weighted by molar-refractivity contribution is -0.302. The smallest absolute Gasteiger partial charge is 0.220 e. The molecule has 0 spiro atoms. The summed E-state index contributed by atoms with van der Waals surface area (Å²) in [6.07, 6.45) is 67.4. The van der Waals surface area contributed by atoms with Crippen molar-refractivity contribution in [3.05, 3.63) is 24.3 Å². The third-order valence-corrected chi connectivity index (χ3v) is 16.3. The summed E-state index contributed by atoms with van der Waals surface area (Å²) in [5, 5.41) is 54.5. The molecule has 76 heavy (non-hydrogen) atoms. The van der Waals surface area contributed by atoms with Crippen molar-refractivity contribution < 1.29 is 39.8 Å². The minimum Gasteiger partial charge on any atom is -0.394 e. The summed E-state index contributed by atoms with van der Waals surface area (Å²) in [5.74, 6) is -0.180. The summed E-state index contributed by atoms with van der Waals surface area (Å²) in [5.41, 5.74) is 0. The minimum atomic E-state index is -1.57. The summed E-state index contributed by atoms with van der Waals surface area (Å²) >= 11 is 0. The number of aliphatic hydroxyl groups is 5. The van der Waals surface area contributed by atoms with Crippen LogP contribution >= 0.6 is 0 Å². The minimum absolute atomic E-state index is 0.180. The van der Waals surface area contributed by atoms with Gasteiger partial charge in [-0.2, -0.15) is 0 Å². The molecule has 0 aromatic heterocycles. The molecule has 1 aliphatic rings. The second-order valence-electron chi connectivity index (χ2n) is 23.6. The van der Waals surface area contributed by atoms with E-state index in [-0.39, 0.29) is 12.5 Å². The van der Waals surface area contributed by atoms with Gasteiger partial charge in [0.2, 0.25) is 5.91 Å². The average Bonchev–Trinajstić information content (AvgIpc) is 3.42. The summed E-state index contributed by atoms with van der Waals surface area (Å²) < 4.78 is 11.3. The Balaban J connectivity index is 2.04. The van der Waals surface area contributed by atoms with Crippen molar-refractivity contribution in [2.24, 2.45) is 0 Å². The van der Waals surface area contributed by atoms with Crippen LogP contribution < -0.4 is 5.32 Å². The number of nitrogens with one attached hydrogen (secondary N) is 1. The Labute approximate surface area is 470 Å². The molecule has 0 bridgehead atoms. The maximum absolute atomic E-state index is 13.1. The quantitative estimate of drug-likeness (QED) is 0.0261. The van der Waals surface area contributed by atoms with E-state index >= 15 is 0 Å². The molecule has 450 valence electrons. The molecule has 7 unspecified atom stereocenters. The summed E-state index contributed by atoms with van der Waals surface area (Å²) in [6.45, 7) is 3.80. The van der Waals surface area contributed by atoms with E-state index in [2.05, 4.69) is 31.3 Å². The first kappa shape index (κ1) is 72.7. The predicted molar refractivity (Wildman–Crippen MR) is 323 cm³/mol. The number of aliphatic hydroxyl groups excluding tert-OH is 5. The molecule has 0 radical (unpaired) electrons. The lowest BCUT2D eigenvalue weighted by Crippen LogP contribution is -2.60. The lowest BCUT2D eigenvalue weighted by Gasteiger charge is -2.40. The highest BCUT2D eigenvalue weighted by Crippen LogP contribution is 2.23. The van der Waals surface area contributed by atoms with Gasteiger partial charge in [-0.3, -0.25) is 4.79 Å². The second-order valence-corrected chi connectivity index (χ2v) is 23.6. The molecule has 1 saturated heterocycles. The van der Waals surface area contributed by atoms with Gasteiger partial charge < -0.3 is 40.3 Å². The first-order chi connectivity index (χ1) is 37.3. The fourth-order valence-corrected chi connectivity index (χ4v) is 11.0. The zero-order chi connectivity index (χ0) is 55.0. The Bertz CT molecular complexity index is 1250. The van der Waals surface area contributed by atoms with E-state index < -0.39 is 49.5 Å². The molecule has 0 aliphatic carbocycles. The van der Waals surface area contributed by atoms with Gasteiger partial charge in [-0.25, -0.2) is 0 Å². The number of carbonyl (C=O) groups is 1. The molecule has 1 aliphatic heterocycles. The number of ether oxygens (including phenoxy) is 2. The van der Waals surface area contributed by atoms with Gasteiger partial charge in [-0.05, 0) is 32.1 Å². The molecule has 1 heterocycles. The number of unbranched alkanes of at least 4 members (excludes halogenated alkanes) is 47. The molecular weight excluding hydrogens is 947 g/mol. The zero-order valence-electron chi connectivity index (χ0n) is 50.3. The van der Waals surface area contributed by atoms with Gasteiger partial charge in [0.15, 0.2) is 6.29 Å². The van der Waals surface area contributed by atoms with Crippen LogP contribution in [0.3, 0.4) is 0 Å². The van der Waals surface area contributed by atoms with Crippen molar-refractivity contribution in [3.63, 3.8) is 0 Å². The van der Waals surface area contributed by atoms with Crippen LogP contribution in [0.2, 0.25) is 0 Å². The number of rotatable bonds is 59. The molecule has 0 aromatic rings. The fraction of sp³-hybridized carbons (Fsp3) is 0.925. The van der Waals surface area contributed by atoms with Crippen LogP contribution in [0.1, 0.15) is 341 Å². The molecule has 0 saturated carbocycles. The SMILES string of the molecule is CCCCCCCCCCC/C=C/CC/C=C/C(O)C(COC1OC(CO)C(O)C(O)C1O)NC(=O)CCCCCCCCCCCCCCCCCCCCCCCCCCCCCCCCCCCCCCCC. The maximum Gasteiger partial charge on any atom is 0.220 e. The number of carbonyl (C=O) groups excluding carboxylic acids is 1. The largest absolute Gasteiger partial charge is 0.394 e. The molecular formula is C67H129NO8. The van der Waals surface area contributed by atoms with Crippen molar-refractivity contribution in [2.75, 3.05) is 13.2 Å². The molecule has 1 amide bonds. The fourth-order valence-electron chi connectivity index (χ4n) is 11.0. The standard InChI is InChI=1S/C67H129NO8/c1-3-5-7-9-11-13-15-17-19-20-21-22-23-24-25-26-27-28-29-30-31-32-33-34-35-36-37-38-39-40-41-43-45-47-49-51-53-55-57-63(71)68-60(59-75-67-66(74)65(73)64(72)62(58-69)76-67)61(70)56-54-52-50-48-46-44-42-18-16-14-12-10-8-6-4-2/h46,48,54,56,60-62,64-67,69-70,72-74H,3-45,47,49-53,55,57-59H2,1-2H3,(H,68,71)/b48-46+,56-54+. The van der Waals surface area contributed by atoms with Gasteiger partial charge in [-0.15, -0.1) is 0 Å². The van der Waals surface area contributed by atoms with E-state index in [9.17, 15) is 30.3 Å². The third kappa shape index (κ3) is 45.4. The van der Waals surface area contributed by atoms with E-state index in [4.69, 9.17) is 9.47 Å². The highest BCUT2D eigenvalue weighted by atomic mass is 16.7.